The molecule has 1 amide bonds. The molecule has 1 N–H and O–H groups in total. The largest absolute Gasteiger partial charge is 0.483 e. The van der Waals surface area contributed by atoms with Crippen LogP contribution in [0.15, 0.2) is 58.0 Å². The SMILES string of the molecule is Cc1cccc(C)c1OCC(=O)N/N=C\c1ccc(-c2cc(Cl)ccc2Cl)o1. The lowest BCUT2D eigenvalue weighted by Crippen LogP contribution is -2.24. The number of carbonyl (C=O) groups is 1. The highest BCUT2D eigenvalue weighted by atomic mass is 35.5. The summed E-state index contributed by atoms with van der Waals surface area (Å²) in [7, 11) is 0. The van der Waals surface area contributed by atoms with Crippen molar-refractivity contribution in [2.45, 2.75) is 13.8 Å². The number of amides is 1. The molecule has 0 aliphatic heterocycles. The number of nitrogens with zero attached hydrogens (tertiary/aromatic N) is 1. The molecule has 3 rings (SSSR count). The van der Waals surface area contributed by atoms with Crippen molar-refractivity contribution in [3.05, 3.63) is 75.5 Å². The molecule has 0 aliphatic carbocycles. The van der Waals surface area contributed by atoms with E-state index in [-0.39, 0.29) is 12.5 Å². The first kappa shape index (κ1) is 20.0. The van der Waals surface area contributed by atoms with Crippen LogP contribution in [0.4, 0.5) is 0 Å². The van der Waals surface area contributed by atoms with Crippen molar-refractivity contribution in [3.8, 4) is 17.1 Å². The molecule has 3 aromatic rings. The molecule has 28 heavy (non-hydrogen) atoms. The quantitative estimate of drug-likeness (QED) is 0.432. The van der Waals surface area contributed by atoms with Crippen molar-refractivity contribution in [3.63, 3.8) is 0 Å². The van der Waals surface area contributed by atoms with Crippen LogP contribution in [0.25, 0.3) is 11.3 Å². The number of halogens is 2. The molecule has 0 unspecified atom stereocenters. The summed E-state index contributed by atoms with van der Waals surface area (Å²) in [5.41, 5.74) is 5.03. The molecule has 5 nitrogen and oxygen atoms in total. The second-order valence-corrected chi connectivity index (χ2v) is 6.97. The van der Waals surface area contributed by atoms with Crippen LogP contribution in [-0.4, -0.2) is 18.7 Å². The zero-order chi connectivity index (χ0) is 20.1. The van der Waals surface area contributed by atoms with Gasteiger partial charge in [0.15, 0.2) is 6.61 Å². The predicted octanol–water partition coefficient (Wildman–Crippen LogP) is 5.40. The van der Waals surface area contributed by atoms with Gasteiger partial charge in [0.05, 0.1) is 11.2 Å². The van der Waals surface area contributed by atoms with Gasteiger partial charge in [-0.15, -0.1) is 0 Å². The molecule has 1 aromatic heterocycles. The highest BCUT2D eigenvalue weighted by Crippen LogP contribution is 2.31. The number of nitrogens with one attached hydrogen (secondary N) is 1. The molecular weight excluding hydrogens is 399 g/mol. The van der Waals surface area contributed by atoms with E-state index in [1.165, 1.54) is 6.21 Å². The number of aryl methyl sites for hydroxylation is 2. The molecule has 0 spiro atoms. The number of ether oxygens (including phenoxy) is 1. The van der Waals surface area contributed by atoms with Crippen LogP contribution in [0.3, 0.4) is 0 Å². The van der Waals surface area contributed by atoms with E-state index in [1.54, 1.807) is 30.3 Å². The topological polar surface area (TPSA) is 63.8 Å². The van der Waals surface area contributed by atoms with E-state index in [1.807, 2.05) is 32.0 Å². The zero-order valence-electron chi connectivity index (χ0n) is 15.3. The van der Waals surface area contributed by atoms with Gasteiger partial charge in [-0.05, 0) is 55.3 Å². The summed E-state index contributed by atoms with van der Waals surface area (Å²) in [6, 6.07) is 14.4. The molecule has 0 fully saturated rings. The number of carbonyl (C=O) groups excluding carboxylic acids is 1. The predicted molar refractivity (Wildman–Crippen MR) is 111 cm³/mol. The molecule has 0 saturated carbocycles. The average Bonchev–Trinajstić information content (AvgIpc) is 3.12. The number of para-hydroxylation sites is 1. The first-order valence-corrected chi connectivity index (χ1v) is 9.26. The van der Waals surface area contributed by atoms with Gasteiger partial charge < -0.3 is 9.15 Å². The number of rotatable bonds is 6. The second kappa shape index (κ2) is 8.95. The molecule has 0 aliphatic rings. The maximum Gasteiger partial charge on any atom is 0.277 e. The van der Waals surface area contributed by atoms with Crippen molar-refractivity contribution >= 4 is 35.3 Å². The van der Waals surface area contributed by atoms with Crippen LogP contribution in [0, 0.1) is 13.8 Å². The van der Waals surface area contributed by atoms with Crippen molar-refractivity contribution in [2.75, 3.05) is 6.61 Å². The Morgan fingerprint density at radius 1 is 1.14 bits per heavy atom. The lowest BCUT2D eigenvalue weighted by Gasteiger charge is -2.10. The standard InChI is InChI=1S/C21H18Cl2N2O3/c1-13-4-3-5-14(2)21(13)27-12-20(26)25-24-11-16-7-9-19(28-16)17-10-15(22)6-8-18(17)23/h3-11H,12H2,1-2H3,(H,25,26)/b24-11-. The summed E-state index contributed by atoms with van der Waals surface area (Å²) >= 11 is 12.2. The summed E-state index contributed by atoms with van der Waals surface area (Å²) in [4.78, 5) is 11.9. The third kappa shape index (κ3) is 4.94. The molecule has 7 heteroatoms. The Morgan fingerprint density at radius 2 is 1.89 bits per heavy atom. The van der Waals surface area contributed by atoms with Gasteiger partial charge >= 0.3 is 0 Å². The minimum absolute atomic E-state index is 0.134. The van der Waals surface area contributed by atoms with Crippen LogP contribution < -0.4 is 10.2 Å². The fourth-order valence-electron chi connectivity index (χ4n) is 2.62. The van der Waals surface area contributed by atoms with Crippen molar-refractivity contribution in [1.29, 1.82) is 0 Å². The van der Waals surface area contributed by atoms with E-state index >= 15 is 0 Å². The second-order valence-electron chi connectivity index (χ2n) is 6.13. The molecule has 0 radical (unpaired) electrons. The van der Waals surface area contributed by atoms with Gasteiger partial charge in [-0.2, -0.15) is 5.10 Å². The Morgan fingerprint density at radius 3 is 2.64 bits per heavy atom. The average molecular weight is 417 g/mol. The molecular formula is C21H18Cl2N2O3. The van der Waals surface area contributed by atoms with Gasteiger partial charge in [0, 0.05) is 10.6 Å². The van der Waals surface area contributed by atoms with Crippen LogP contribution in [0.2, 0.25) is 10.0 Å². The van der Waals surface area contributed by atoms with E-state index in [0.717, 1.165) is 11.1 Å². The third-order valence-corrected chi connectivity index (χ3v) is 4.52. The summed E-state index contributed by atoms with van der Waals surface area (Å²) in [6.07, 6.45) is 1.40. The maximum atomic E-state index is 11.9. The van der Waals surface area contributed by atoms with Crippen LogP contribution in [0.1, 0.15) is 16.9 Å². The number of hydrazone groups is 1. The van der Waals surface area contributed by atoms with Crippen molar-refractivity contribution < 1.29 is 13.9 Å². The lowest BCUT2D eigenvalue weighted by molar-refractivity contribution is -0.123. The lowest BCUT2D eigenvalue weighted by atomic mass is 10.1. The Hall–Kier alpha value is -2.76. The summed E-state index contributed by atoms with van der Waals surface area (Å²) in [6.45, 7) is 3.72. The van der Waals surface area contributed by atoms with Gasteiger partial charge in [-0.3, -0.25) is 4.79 Å². The molecule has 0 saturated heterocycles. The van der Waals surface area contributed by atoms with Gasteiger partial charge in [-0.25, -0.2) is 5.43 Å². The summed E-state index contributed by atoms with van der Waals surface area (Å²) < 4.78 is 11.3. The number of furan rings is 1. The first-order chi connectivity index (χ1) is 13.4. The highest BCUT2D eigenvalue weighted by Gasteiger charge is 2.09. The van der Waals surface area contributed by atoms with Crippen LogP contribution in [-0.2, 0) is 4.79 Å². The smallest absolute Gasteiger partial charge is 0.277 e. The van der Waals surface area contributed by atoms with Crippen LogP contribution >= 0.6 is 23.2 Å². The minimum atomic E-state index is -0.372. The van der Waals surface area contributed by atoms with E-state index in [4.69, 9.17) is 32.4 Å². The van der Waals surface area contributed by atoms with Gasteiger partial charge in [0.25, 0.3) is 5.91 Å². The number of hydrogen-bond donors (Lipinski definition) is 1. The Labute approximate surface area is 172 Å². The van der Waals surface area contributed by atoms with Gasteiger partial charge in [0.2, 0.25) is 0 Å². The zero-order valence-corrected chi connectivity index (χ0v) is 16.8. The maximum absolute atomic E-state index is 11.9. The molecule has 144 valence electrons. The first-order valence-electron chi connectivity index (χ1n) is 8.50. The Bertz CT molecular complexity index is 1010. The minimum Gasteiger partial charge on any atom is -0.483 e. The van der Waals surface area contributed by atoms with Crippen LogP contribution in [0.5, 0.6) is 5.75 Å². The molecule has 0 bridgehead atoms. The molecule has 2 aromatic carbocycles. The highest BCUT2D eigenvalue weighted by molar-refractivity contribution is 6.35. The number of hydrogen-bond acceptors (Lipinski definition) is 4. The Balaban J connectivity index is 1.57. The van der Waals surface area contributed by atoms with Crippen molar-refractivity contribution in [1.82, 2.24) is 5.43 Å². The van der Waals surface area contributed by atoms with E-state index in [2.05, 4.69) is 10.5 Å². The normalized spacial score (nSPS) is 11.0. The Kier molecular flexibility index (Phi) is 6.39. The fourth-order valence-corrected chi connectivity index (χ4v) is 3.00. The summed E-state index contributed by atoms with van der Waals surface area (Å²) in [5.74, 6) is 1.35. The molecule has 1 heterocycles. The van der Waals surface area contributed by atoms with Crippen molar-refractivity contribution in [2.24, 2.45) is 5.10 Å². The number of benzene rings is 2. The molecule has 0 atom stereocenters. The third-order valence-electron chi connectivity index (χ3n) is 3.96. The monoisotopic (exact) mass is 416 g/mol. The van der Waals surface area contributed by atoms with E-state index in [0.29, 0.717) is 32.9 Å². The van der Waals surface area contributed by atoms with E-state index in [9.17, 15) is 4.79 Å². The van der Waals surface area contributed by atoms with Gasteiger partial charge in [-0.1, -0.05) is 41.4 Å². The van der Waals surface area contributed by atoms with E-state index < -0.39 is 0 Å². The summed E-state index contributed by atoms with van der Waals surface area (Å²) in [5, 5.41) is 4.97. The van der Waals surface area contributed by atoms with Gasteiger partial charge in [0.1, 0.15) is 17.3 Å². The fraction of sp³-hybridized carbons (Fsp3) is 0.143.